The first-order valence-electron chi connectivity index (χ1n) is 6.13. The summed E-state index contributed by atoms with van der Waals surface area (Å²) in [5.41, 5.74) is 6.51. The number of amides is 1. The molecule has 18 heavy (non-hydrogen) atoms. The van der Waals surface area contributed by atoms with Crippen molar-refractivity contribution in [3.63, 3.8) is 0 Å². The number of rotatable bonds is 2. The molecule has 1 aliphatic heterocycles. The summed E-state index contributed by atoms with van der Waals surface area (Å²) in [5, 5.41) is 0. The lowest BCUT2D eigenvalue weighted by atomic mass is 10.1. The number of likely N-dealkylation sites (tertiary alicyclic amines) is 1. The van der Waals surface area contributed by atoms with Crippen LogP contribution in [0.4, 0.5) is 4.39 Å². The molecule has 1 amide bonds. The van der Waals surface area contributed by atoms with Crippen molar-refractivity contribution in [2.45, 2.75) is 18.9 Å². The summed E-state index contributed by atoms with van der Waals surface area (Å²) in [7, 11) is 0. The van der Waals surface area contributed by atoms with E-state index in [-0.39, 0.29) is 17.8 Å². The monoisotopic (exact) mass is 248 g/mol. The van der Waals surface area contributed by atoms with Gasteiger partial charge in [-0.15, -0.1) is 0 Å². The molecule has 2 N–H and O–H groups in total. The van der Waals surface area contributed by atoms with Gasteiger partial charge < -0.3 is 10.6 Å². The number of piperidine rings is 1. The summed E-state index contributed by atoms with van der Waals surface area (Å²) in [6.45, 7) is 1.35. The fourth-order valence-electron chi connectivity index (χ4n) is 2.09. The van der Waals surface area contributed by atoms with Crippen LogP contribution in [-0.2, 0) is 4.79 Å². The van der Waals surface area contributed by atoms with E-state index in [1.54, 1.807) is 23.1 Å². The van der Waals surface area contributed by atoms with Gasteiger partial charge in [-0.25, -0.2) is 4.39 Å². The predicted molar refractivity (Wildman–Crippen MR) is 69.2 cm³/mol. The molecule has 1 fully saturated rings. The molecule has 96 valence electrons. The third kappa shape index (κ3) is 3.40. The average Bonchev–Trinajstić information content (AvgIpc) is 2.36. The van der Waals surface area contributed by atoms with Crippen LogP contribution in [0.25, 0.3) is 6.08 Å². The summed E-state index contributed by atoms with van der Waals surface area (Å²) in [4.78, 5) is 13.6. The quantitative estimate of drug-likeness (QED) is 0.811. The molecular weight excluding hydrogens is 231 g/mol. The van der Waals surface area contributed by atoms with Gasteiger partial charge in [-0.05, 0) is 36.6 Å². The summed E-state index contributed by atoms with van der Waals surface area (Å²) in [6, 6.07) is 6.23. The molecule has 0 saturated carbocycles. The highest BCUT2D eigenvalue weighted by atomic mass is 19.1. The van der Waals surface area contributed by atoms with E-state index < -0.39 is 0 Å². The smallest absolute Gasteiger partial charge is 0.246 e. The Morgan fingerprint density at radius 2 is 2.33 bits per heavy atom. The van der Waals surface area contributed by atoms with Crippen LogP contribution in [0.15, 0.2) is 30.3 Å². The fourth-order valence-corrected chi connectivity index (χ4v) is 2.09. The third-order valence-electron chi connectivity index (χ3n) is 3.04. The highest BCUT2D eigenvalue weighted by Crippen LogP contribution is 2.10. The second-order valence-corrected chi connectivity index (χ2v) is 4.57. The molecule has 2 rings (SSSR count). The van der Waals surface area contributed by atoms with E-state index in [9.17, 15) is 9.18 Å². The number of hydrogen-bond acceptors (Lipinski definition) is 2. The van der Waals surface area contributed by atoms with Gasteiger partial charge in [0.15, 0.2) is 0 Å². The molecule has 0 aromatic heterocycles. The van der Waals surface area contributed by atoms with Crippen molar-refractivity contribution in [3.8, 4) is 0 Å². The lowest BCUT2D eigenvalue weighted by Crippen LogP contribution is -2.45. The zero-order chi connectivity index (χ0) is 13.0. The Morgan fingerprint density at radius 1 is 1.50 bits per heavy atom. The van der Waals surface area contributed by atoms with Crippen LogP contribution < -0.4 is 5.73 Å². The topological polar surface area (TPSA) is 46.3 Å². The summed E-state index contributed by atoms with van der Waals surface area (Å²) in [6.07, 6.45) is 5.02. The zero-order valence-corrected chi connectivity index (χ0v) is 10.2. The molecule has 1 aromatic rings. The van der Waals surface area contributed by atoms with Crippen LogP contribution in [-0.4, -0.2) is 29.9 Å². The molecule has 4 heteroatoms. The maximum atomic E-state index is 13.0. The molecule has 1 unspecified atom stereocenters. The van der Waals surface area contributed by atoms with Gasteiger partial charge >= 0.3 is 0 Å². The van der Waals surface area contributed by atoms with E-state index in [2.05, 4.69) is 0 Å². The van der Waals surface area contributed by atoms with Crippen LogP contribution in [0.2, 0.25) is 0 Å². The van der Waals surface area contributed by atoms with E-state index in [0.29, 0.717) is 12.1 Å². The molecule has 0 aliphatic carbocycles. The molecule has 1 aliphatic rings. The van der Waals surface area contributed by atoms with Crippen LogP contribution in [0.3, 0.4) is 0 Å². The van der Waals surface area contributed by atoms with E-state index in [0.717, 1.165) is 19.4 Å². The van der Waals surface area contributed by atoms with E-state index in [4.69, 9.17) is 5.73 Å². The average molecular weight is 248 g/mol. The summed E-state index contributed by atoms with van der Waals surface area (Å²) >= 11 is 0. The number of carbonyl (C=O) groups excluding carboxylic acids is 1. The Kier molecular flexibility index (Phi) is 4.10. The van der Waals surface area contributed by atoms with Gasteiger partial charge in [0.25, 0.3) is 0 Å². The van der Waals surface area contributed by atoms with Gasteiger partial charge in [0, 0.05) is 25.2 Å². The van der Waals surface area contributed by atoms with Gasteiger partial charge in [0.1, 0.15) is 5.82 Å². The lowest BCUT2D eigenvalue weighted by Gasteiger charge is -2.29. The van der Waals surface area contributed by atoms with Crippen molar-refractivity contribution >= 4 is 12.0 Å². The van der Waals surface area contributed by atoms with E-state index in [1.165, 1.54) is 18.2 Å². The standard InChI is InChI=1S/C14H17FN2O/c15-12-4-1-3-11(9-12)6-7-14(18)17-8-2-5-13(16)10-17/h1,3-4,6-7,9,13H,2,5,8,10,16H2. The largest absolute Gasteiger partial charge is 0.338 e. The number of nitrogens with two attached hydrogens (primary N) is 1. The van der Waals surface area contributed by atoms with Crippen LogP contribution in [0.1, 0.15) is 18.4 Å². The second kappa shape index (κ2) is 5.78. The SMILES string of the molecule is NC1CCCN(C(=O)C=Cc2cccc(F)c2)C1. The molecule has 3 nitrogen and oxygen atoms in total. The van der Waals surface area contributed by atoms with Gasteiger partial charge in [-0.1, -0.05) is 12.1 Å². The maximum absolute atomic E-state index is 13.0. The van der Waals surface area contributed by atoms with Crippen molar-refractivity contribution in [2.75, 3.05) is 13.1 Å². The Bertz CT molecular complexity index is 459. The normalized spacial score (nSPS) is 20.3. The van der Waals surface area contributed by atoms with Crippen LogP contribution in [0, 0.1) is 5.82 Å². The molecule has 0 radical (unpaired) electrons. The Morgan fingerprint density at radius 3 is 3.06 bits per heavy atom. The van der Waals surface area contributed by atoms with Crippen molar-refractivity contribution in [2.24, 2.45) is 5.73 Å². The van der Waals surface area contributed by atoms with Crippen molar-refractivity contribution in [1.29, 1.82) is 0 Å². The van der Waals surface area contributed by atoms with E-state index in [1.807, 2.05) is 0 Å². The van der Waals surface area contributed by atoms with E-state index >= 15 is 0 Å². The molecule has 1 saturated heterocycles. The van der Waals surface area contributed by atoms with Crippen molar-refractivity contribution in [3.05, 3.63) is 41.7 Å². The second-order valence-electron chi connectivity index (χ2n) is 4.57. The summed E-state index contributed by atoms with van der Waals surface area (Å²) < 4.78 is 13.0. The first-order chi connectivity index (χ1) is 8.65. The van der Waals surface area contributed by atoms with Crippen molar-refractivity contribution < 1.29 is 9.18 Å². The number of halogens is 1. The van der Waals surface area contributed by atoms with Gasteiger partial charge in [0.2, 0.25) is 5.91 Å². The van der Waals surface area contributed by atoms with Crippen molar-refractivity contribution in [1.82, 2.24) is 4.90 Å². The number of benzene rings is 1. The Hall–Kier alpha value is -1.68. The van der Waals surface area contributed by atoms with Gasteiger partial charge in [0.05, 0.1) is 0 Å². The zero-order valence-electron chi connectivity index (χ0n) is 10.2. The molecule has 0 spiro atoms. The van der Waals surface area contributed by atoms with Crippen LogP contribution >= 0.6 is 0 Å². The van der Waals surface area contributed by atoms with Gasteiger partial charge in [-0.2, -0.15) is 0 Å². The minimum atomic E-state index is -0.301. The highest BCUT2D eigenvalue weighted by molar-refractivity contribution is 5.91. The fraction of sp³-hybridized carbons (Fsp3) is 0.357. The molecule has 1 atom stereocenters. The lowest BCUT2D eigenvalue weighted by molar-refractivity contribution is -0.127. The first-order valence-corrected chi connectivity index (χ1v) is 6.13. The number of hydrogen-bond donors (Lipinski definition) is 1. The number of nitrogens with zero attached hydrogens (tertiary/aromatic N) is 1. The Balaban J connectivity index is 1.98. The highest BCUT2D eigenvalue weighted by Gasteiger charge is 2.19. The van der Waals surface area contributed by atoms with Gasteiger partial charge in [-0.3, -0.25) is 4.79 Å². The van der Waals surface area contributed by atoms with Crippen LogP contribution in [0.5, 0.6) is 0 Å². The first kappa shape index (κ1) is 12.8. The minimum absolute atomic E-state index is 0.0607. The predicted octanol–water partition coefficient (Wildman–Crippen LogP) is 1.79. The molecule has 1 aromatic carbocycles. The molecule has 1 heterocycles. The number of carbonyl (C=O) groups is 1. The summed E-state index contributed by atoms with van der Waals surface area (Å²) in [5.74, 6) is -0.362. The maximum Gasteiger partial charge on any atom is 0.246 e. The molecular formula is C14H17FN2O. The molecule has 0 bridgehead atoms. The Labute approximate surface area is 106 Å². The minimum Gasteiger partial charge on any atom is -0.338 e. The third-order valence-corrected chi connectivity index (χ3v) is 3.04.